The lowest BCUT2D eigenvalue weighted by molar-refractivity contribution is -0.162. The van der Waals surface area contributed by atoms with E-state index in [2.05, 4.69) is 0 Å². The molecule has 0 N–H and O–H groups in total. The highest BCUT2D eigenvalue weighted by Gasteiger charge is 2.35. The molecule has 0 aromatic carbocycles. The van der Waals surface area contributed by atoms with E-state index < -0.39 is 12.0 Å². The molecular formula is C12H21NO4. The molecule has 0 aromatic rings. The first-order valence-electron chi connectivity index (χ1n) is 5.95. The highest BCUT2D eigenvalue weighted by atomic mass is 16.5. The molecule has 0 aromatic heterocycles. The minimum absolute atomic E-state index is 0.00120. The molecule has 5 heteroatoms. The van der Waals surface area contributed by atoms with Crippen LogP contribution in [0.1, 0.15) is 20.8 Å². The number of hydrogen-bond acceptors (Lipinski definition) is 4. The molecule has 17 heavy (non-hydrogen) atoms. The zero-order chi connectivity index (χ0) is 13.0. The summed E-state index contributed by atoms with van der Waals surface area (Å²) in [7, 11) is 1.32. The topological polar surface area (TPSA) is 55.8 Å². The molecule has 1 saturated heterocycles. The molecule has 0 bridgehead atoms. The summed E-state index contributed by atoms with van der Waals surface area (Å²) < 4.78 is 9.93. The van der Waals surface area contributed by atoms with E-state index in [9.17, 15) is 9.59 Å². The van der Waals surface area contributed by atoms with Crippen LogP contribution in [0.4, 0.5) is 0 Å². The van der Waals surface area contributed by atoms with E-state index in [4.69, 9.17) is 9.47 Å². The van der Waals surface area contributed by atoms with Gasteiger partial charge in [0.05, 0.1) is 20.3 Å². The summed E-state index contributed by atoms with van der Waals surface area (Å²) in [6, 6.07) is -0.595. The molecule has 1 heterocycles. The summed E-state index contributed by atoms with van der Waals surface area (Å²) in [5.41, 5.74) is 0. The van der Waals surface area contributed by atoms with Crippen LogP contribution in [0.2, 0.25) is 0 Å². The molecule has 0 aliphatic carbocycles. The molecule has 1 aliphatic rings. The Morgan fingerprint density at radius 1 is 1.35 bits per heavy atom. The second-order valence-electron chi connectivity index (χ2n) is 4.68. The quantitative estimate of drug-likeness (QED) is 0.684. The van der Waals surface area contributed by atoms with Crippen LogP contribution < -0.4 is 0 Å². The second-order valence-corrected chi connectivity index (χ2v) is 4.68. The van der Waals surface area contributed by atoms with Gasteiger partial charge < -0.3 is 14.4 Å². The van der Waals surface area contributed by atoms with Gasteiger partial charge in [0.2, 0.25) is 5.91 Å². The zero-order valence-corrected chi connectivity index (χ0v) is 10.9. The lowest BCUT2D eigenvalue weighted by Gasteiger charge is -2.36. The lowest BCUT2D eigenvalue weighted by atomic mass is 9.95. The third kappa shape index (κ3) is 3.19. The van der Waals surface area contributed by atoms with Crippen molar-refractivity contribution in [1.82, 2.24) is 4.90 Å². The van der Waals surface area contributed by atoms with Crippen molar-refractivity contribution < 1.29 is 19.1 Å². The van der Waals surface area contributed by atoms with Gasteiger partial charge in [0.1, 0.15) is 0 Å². The van der Waals surface area contributed by atoms with Crippen LogP contribution in [-0.2, 0) is 19.1 Å². The van der Waals surface area contributed by atoms with Gasteiger partial charge in [-0.2, -0.15) is 0 Å². The van der Waals surface area contributed by atoms with Crippen LogP contribution in [0.25, 0.3) is 0 Å². The lowest BCUT2D eigenvalue weighted by Crippen LogP contribution is -2.54. The predicted octanol–water partition coefficient (Wildman–Crippen LogP) is 0.679. The zero-order valence-electron chi connectivity index (χ0n) is 10.9. The van der Waals surface area contributed by atoms with E-state index in [-0.39, 0.29) is 24.3 Å². The van der Waals surface area contributed by atoms with Crippen LogP contribution in [0, 0.1) is 11.8 Å². The average Bonchev–Trinajstić information content (AvgIpc) is 2.35. The maximum atomic E-state index is 12.2. The SMILES string of the molecule is COC(=O)C1COCCN1C(=O)C(C)C(C)C. The Morgan fingerprint density at radius 3 is 2.53 bits per heavy atom. The number of nitrogens with zero attached hydrogens (tertiary/aromatic N) is 1. The Kier molecular flexibility index (Phi) is 4.93. The van der Waals surface area contributed by atoms with E-state index in [1.807, 2.05) is 20.8 Å². The first-order valence-corrected chi connectivity index (χ1v) is 5.95. The maximum absolute atomic E-state index is 12.2. The third-order valence-electron chi connectivity index (χ3n) is 3.27. The fraction of sp³-hybridized carbons (Fsp3) is 0.833. The molecular weight excluding hydrogens is 222 g/mol. The molecule has 0 saturated carbocycles. The van der Waals surface area contributed by atoms with Crippen molar-refractivity contribution in [1.29, 1.82) is 0 Å². The van der Waals surface area contributed by atoms with Crippen molar-refractivity contribution in [3.8, 4) is 0 Å². The number of ether oxygens (including phenoxy) is 2. The van der Waals surface area contributed by atoms with E-state index >= 15 is 0 Å². The van der Waals surface area contributed by atoms with Crippen molar-refractivity contribution in [2.45, 2.75) is 26.8 Å². The van der Waals surface area contributed by atoms with Crippen molar-refractivity contribution in [3.05, 3.63) is 0 Å². The van der Waals surface area contributed by atoms with Gasteiger partial charge in [-0.15, -0.1) is 0 Å². The Bertz CT molecular complexity index is 290. The Morgan fingerprint density at radius 2 is 2.00 bits per heavy atom. The van der Waals surface area contributed by atoms with Gasteiger partial charge >= 0.3 is 5.97 Å². The molecule has 1 fully saturated rings. The van der Waals surface area contributed by atoms with Gasteiger partial charge in [-0.1, -0.05) is 20.8 Å². The van der Waals surface area contributed by atoms with Gasteiger partial charge in [-0.3, -0.25) is 4.79 Å². The van der Waals surface area contributed by atoms with Crippen LogP contribution >= 0.6 is 0 Å². The molecule has 0 spiro atoms. The van der Waals surface area contributed by atoms with E-state index in [0.717, 1.165) is 0 Å². The summed E-state index contributed by atoms with van der Waals surface area (Å²) in [6.45, 7) is 7.03. The number of methoxy groups -OCH3 is 1. The fourth-order valence-corrected chi connectivity index (χ4v) is 1.75. The van der Waals surface area contributed by atoms with Crippen LogP contribution in [-0.4, -0.2) is 49.7 Å². The van der Waals surface area contributed by atoms with Crippen LogP contribution in [0.15, 0.2) is 0 Å². The van der Waals surface area contributed by atoms with Crippen LogP contribution in [0.3, 0.4) is 0 Å². The Hall–Kier alpha value is -1.10. The van der Waals surface area contributed by atoms with Crippen molar-refractivity contribution in [3.63, 3.8) is 0 Å². The largest absolute Gasteiger partial charge is 0.467 e. The first-order chi connectivity index (χ1) is 7.99. The molecule has 1 amide bonds. The number of esters is 1. The number of hydrogen-bond donors (Lipinski definition) is 0. The second kappa shape index (κ2) is 6.00. The number of carbonyl (C=O) groups excluding carboxylic acids is 2. The Labute approximate surface area is 102 Å². The standard InChI is InChI=1S/C12H21NO4/c1-8(2)9(3)11(14)13-5-6-17-7-10(13)12(15)16-4/h8-10H,5-7H2,1-4H3. The third-order valence-corrected chi connectivity index (χ3v) is 3.27. The van der Waals surface area contributed by atoms with Gasteiger partial charge in [0.15, 0.2) is 6.04 Å². The summed E-state index contributed by atoms with van der Waals surface area (Å²) in [6.07, 6.45) is 0. The van der Waals surface area contributed by atoms with Gasteiger partial charge in [0, 0.05) is 12.5 Å². The molecule has 1 rings (SSSR count). The molecule has 98 valence electrons. The van der Waals surface area contributed by atoms with E-state index in [1.165, 1.54) is 7.11 Å². The normalized spacial score (nSPS) is 22.4. The highest BCUT2D eigenvalue weighted by molar-refractivity contribution is 5.86. The minimum atomic E-state index is -0.595. The number of carbonyl (C=O) groups is 2. The van der Waals surface area contributed by atoms with E-state index in [0.29, 0.717) is 13.2 Å². The fourth-order valence-electron chi connectivity index (χ4n) is 1.75. The predicted molar refractivity (Wildman–Crippen MR) is 62.3 cm³/mol. The average molecular weight is 243 g/mol. The summed E-state index contributed by atoms with van der Waals surface area (Å²) >= 11 is 0. The van der Waals surface area contributed by atoms with Gasteiger partial charge in [-0.05, 0) is 5.92 Å². The minimum Gasteiger partial charge on any atom is -0.467 e. The smallest absolute Gasteiger partial charge is 0.331 e. The number of amides is 1. The highest BCUT2D eigenvalue weighted by Crippen LogP contribution is 2.18. The monoisotopic (exact) mass is 243 g/mol. The first kappa shape index (κ1) is 14.0. The summed E-state index contributed by atoms with van der Waals surface area (Å²) in [4.78, 5) is 25.4. The van der Waals surface area contributed by atoms with Crippen molar-refractivity contribution in [2.75, 3.05) is 26.9 Å². The number of rotatable bonds is 3. The van der Waals surface area contributed by atoms with Crippen molar-refractivity contribution in [2.24, 2.45) is 11.8 Å². The molecule has 0 radical (unpaired) electrons. The molecule has 2 unspecified atom stereocenters. The van der Waals surface area contributed by atoms with E-state index in [1.54, 1.807) is 4.90 Å². The molecule has 1 aliphatic heterocycles. The Balaban J connectivity index is 2.77. The van der Waals surface area contributed by atoms with Gasteiger partial charge in [0.25, 0.3) is 0 Å². The van der Waals surface area contributed by atoms with Crippen molar-refractivity contribution >= 4 is 11.9 Å². The molecule has 5 nitrogen and oxygen atoms in total. The maximum Gasteiger partial charge on any atom is 0.331 e. The van der Waals surface area contributed by atoms with Gasteiger partial charge in [-0.25, -0.2) is 4.79 Å². The number of morpholine rings is 1. The molecule has 2 atom stereocenters. The summed E-state index contributed by atoms with van der Waals surface area (Å²) in [5, 5.41) is 0. The summed E-state index contributed by atoms with van der Waals surface area (Å²) in [5.74, 6) is -0.253. The van der Waals surface area contributed by atoms with Crippen LogP contribution in [0.5, 0.6) is 0 Å².